The topological polar surface area (TPSA) is 37.3 Å². The number of carbonyl (C=O) groups excluding carboxylic acids is 1. The van der Waals surface area contributed by atoms with E-state index in [1.54, 1.807) is 24.3 Å². The van der Waals surface area contributed by atoms with Crippen molar-refractivity contribution in [1.29, 1.82) is 0 Å². The van der Waals surface area contributed by atoms with Gasteiger partial charge < -0.3 is 5.11 Å². The van der Waals surface area contributed by atoms with Crippen molar-refractivity contribution < 1.29 is 9.90 Å². The van der Waals surface area contributed by atoms with Crippen LogP contribution in [0.2, 0.25) is 0 Å². The Morgan fingerprint density at radius 3 is 2.22 bits per heavy atom. The summed E-state index contributed by atoms with van der Waals surface area (Å²) in [5, 5.41) is 9.88. The van der Waals surface area contributed by atoms with Gasteiger partial charge in [-0.2, -0.15) is 0 Å². The van der Waals surface area contributed by atoms with Crippen LogP contribution in [0.3, 0.4) is 0 Å². The molecule has 0 radical (unpaired) electrons. The first-order valence-corrected chi connectivity index (χ1v) is 5.81. The summed E-state index contributed by atoms with van der Waals surface area (Å²) in [5.74, 6) is -0.0979. The normalized spacial score (nSPS) is 11.8. The number of carbonyl (C=O) groups is 1. The Labute approximate surface area is 105 Å². The van der Waals surface area contributed by atoms with E-state index >= 15 is 0 Å². The highest BCUT2D eigenvalue weighted by atomic mass is 16.3. The Balaban J connectivity index is 2.03. The number of rotatable bonds is 2. The van der Waals surface area contributed by atoms with Gasteiger partial charge in [-0.25, -0.2) is 0 Å². The molecule has 1 aliphatic carbocycles. The highest BCUT2D eigenvalue weighted by Gasteiger charge is 2.17. The van der Waals surface area contributed by atoms with Gasteiger partial charge in [-0.05, 0) is 30.2 Å². The summed E-state index contributed by atoms with van der Waals surface area (Å²) in [7, 11) is 0. The average Bonchev–Trinajstić information content (AvgIpc) is 2.34. The fourth-order valence-electron chi connectivity index (χ4n) is 2.04. The predicted octanol–water partition coefficient (Wildman–Crippen LogP) is 3.42. The Bertz CT molecular complexity index is 664. The molecule has 88 valence electrons. The van der Waals surface area contributed by atoms with Crippen LogP contribution < -0.4 is 0 Å². The van der Waals surface area contributed by atoms with Crippen LogP contribution in [0.15, 0.2) is 36.4 Å². The van der Waals surface area contributed by atoms with Crippen LogP contribution in [0.25, 0.3) is 12.2 Å². The lowest BCUT2D eigenvalue weighted by molar-refractivity contribution is 0.103. The fraction of sp³-hybridized carbons (Fsp3) is 0.0625. The minimum absolute atomic E-state index is 0.0451. The van der Waals surface area contributed by atoms with Gasteiger partial charge >= 0.3 is 0 Å². The van der Waals surface area contributed by atoms with Gasteiger partial charge in [0.15, 0.2) is 5.78 Å². The quantitative estimate of drug-likeness (QED) is 0.692. The van der Waals surface area contributed by atoms with E-state index < -0.39 is 0 Å². The molecule has 1 aliphatic rings. The highest BCUT2D eigenvalue weighted by molar-refractivity contribution is 6.11. The van der Waals surface area contributed by atoms with Gasteiger partial charge in [0.1, 0.15) is 5.75 Å². The van der Waals surface area contributed by atoms with Crippen molar-refractivity contribution >= 4 is 17.9 Å². The molecular formula is C16H12O2. The lowest BCUT2D eigenvalue weighted by atomic mass is 9.92. The molecule has 0 aliphatic heterocycles. The van der Waals surface area contributed by atoms with Crippen LogP contribution in [-0.2, 0) is 0 Å². The molecule has 2 aromatic carbocycles. The summed E-state index contributed by atoms with van der Waals surface area (Å²) >= 11 is 0. The first kappa shape index (κ1) is 10.8. The molecule has 0 aromatic heterocycles. The third-order valence-corrected chi connectivity index (χ3v) is 3.20. The van der Waals surface area contributed by atoms with E-state index in [0.717, 1.165) is 16.7 Å². The second-order valence-electron chi connectivity index (χ2n) is 4.53. The molecule has 0 unspecified atom stereocenters. The van der Waals surface area contributed by atoms with E-state index in [9.17, 15) is 9.90 Å². The van der Waals surface area contributed by atoms with Gasteiger partial charge in [-0.1, -0.05) is 42.0 Å². The first-order chi connectivity index (χ1) is 8.65. The molecule has 0 heterocycles. The number of aryl methyl sites for hydroxylation is 1. The largest absolute Gasteiger partial charge is 0.507 e. The number of ketones is 1. The molecule has 0 saturated heterocycles. The van der Waals surface area contributed by atoms with E-state index in [1.807, 2.05) is 31.2 Å². The summed E-state index contributed by atoms with van der Waals surface area (Å²) in [6, 6.07) is 10.7. The highest BCUT2D eigenvalue weighted by Crippen LogP contribution is 2.31. The van der Waals surface area contributed by atoms with Gasteiger partial charge in [0.05, 0.1) is 5.56 Å². The zero-order valence-corrected chi connectivity index (χ0v) is 9.97. The molecule has 2 nitrogen and oxygen atoms in total. The van der Waals surface area contributed by atoms with Crippen LogP contribution in [0.5, 0.6) is 5.75 Å². The number of benzene rings is 2. The molecule has 0 saturated carbocycles. The monoisotopic (exact) mass is 236 g/mol. The maximum atomic E-state index is 12.3. The number of hydrogen-bond acceptors (Lipinski definition) is 2. The summed E-state index contributed by atoms with van der Waals surface area (Å²) in [5.41, 5.74) is 4.05. The zero-order valence-electron chi connectivity index (χ0n) is 9.97. The minimum atomic E-state index is -0.143. The second-order valence-corrected chi connectivity index (χ2v) is 4.53. The Hall–Kier alpha value is -2.35. The van der Waals surface area contributed by atoms with Crippen molar-refractivity contribution in [3.05, 3.63) is 64.2 Å². The maximum Gasteiger partial charge on any atom is 0.196 e. The number of aromatic hydroxyl groups is 1. The summed E-state index contributed by atoms with van der Waals surface area (Å²) in [6.45, 7) is 1.97. The number of phenolic OH excluding ortho intramolecular Hbond substituents is 1. The Morgan fingerprint density at radius 1 is 1.00 bits per heavy atom. The minimum Gasteiger partial charge on any atom is -0.507 e. The molecule has 2 heteroatoms. The first-order valence-electron chi connectivity index (χ1n) is 5.81. The van der Waals surface area contributed by atoms with Crippen molar-refractivity contribution in [2.45, 2.75) is 6.92 Å². The molecule has 0 spiro atoms. The maximum absolute atomic E-state index is 12.3. The summed E-state index contributed by atoms with van der Waals surface area (Å²) in [4.78, 5) is 12.3. The summed E-state index contributed by atoms with van der Waals surface area (Å²) in [6.07, 6.45) is 3.84. The van der Waals surface area contributed by atoms with Gasteiger partial charge in [0.2, 0.25) is 0 Å². The molecule has 0 fully saturated rings. The van der Waals surface area contributed by atoms with E-state index in [1.165, 1.54) is 0 Å². The van der Waals surface area contributed by atoms with Crippen molar-refractivity contribution in [2.75, 3.05) is 0 Å². The third kappa shape index (κ3) is 1.63. The standard InChI is InChI=1S/C16H12O2/c1-10-2-4-11(5-3-10)16(18)14-8-12-6-7-13(12)9-15(14)17/h2-9,17H,1H3. The van der Waals surface area contributed by atoms with Gasteiger partial charge in [0, 0.05) is 5.56 Å². The molecule has 0 bridgehead atoms. The Morgan fingerprint density at radius 2 is 1.61 bits per heavy atom. The average molecular weight is 236 g/mol. The summed E-state index contributed by atoms with van der Waals surface area (Å²) < 4.78 is 0. The predicted molar refractivity (Wildman–Crippen MR) is 71.6 cm³/mol. The molecule has 3 rings (SSSR count). The van der Waals surface area contributed by atoms with Crippen LogP contribution in [0, 0.1) is 6.92 Å². The lowest BCUT2D eigenvalue weighted by Crippen LogP contribution is -2.04. The van der Waals surface area contributed by atoms with Crippen molar-refractivity contribution in [3.63, 3.8) is 0 Å². The molecular weight excluding hydrogens is 224 g/mol. The van der Waals surface area contributed by atoms with E-state index in [2.05, 4.69) is 0 Å². The van der Waals surface area contributed by atoms with Crippen molar-refractivity contribution in [1.82, 2.24) is 0 Å². The van der Waals surface area contributed by atoms with Crippen LogP contribution in [0.1, 0.15) is 32.6 Å². The number of hydrogen-bond donors (Lipinski definition) is 1. The molecule has 18 heavy (non-hydrogen) atoms. The van der Waals surface area contributed by atoms with E-state index in [0.29, 0.717) is 11.1 Å². The number of phenols is 1. The second kappa shape index (κ2) is 3.84. The van der Waals surface area contributed by atoms with Crippen LogP contribution >= 0.6 is 0 Å². The van der Waals surface area contributed by atoms with E-state index in [-0.39, 0.29) is 11.5 Å². The van der Waals surface area contributed by atoms with Gasteiger partial charge in [-0.15, -0.1) is 0 Å². The van der Waals surface area contributed by atoms with Crippen LogP contribution in [-0.4, -0.2) is 10.9 Å². The fourth-order valence-corrected chi connectivity index (χ4v) is 2.04. The van der Waals surface area contributed by atoms with Crippen LogP contribution in [0.4, 0.5) is 0 Å². The van der Waals surface area contributed by atoms with Crippen molar-refractivity contribution in [2.24, 2.45) is 0 Å². The lowest BCUT2D eigenvalue weighted by Gasteiger charge is -2.13. The smallest absolute Gasteiger partial charge is 0.196 e. The SMILES string of the molecule is Cc1ccc(C(=O)c2cc3c(cc2O)C=C3)cc1. The van der Waals surface area contributed by atoms with Crippen molar-refractivity contribution in [3.8, 4) is 5.75 Å². The number of fused-ring (bicyclic) bond motifs is 1. The molecule has 0 amide bonds. The Kier molecular flexibility index (Phi) is 2.30. The van der Waals surface area contributed by atoms with Gasteiger partial charge in [-0.3, -0.25) is 4.79 Å². The van der Waals surface area contributed by atoms with E-state index in [4.69, 9.17) is 0 Å². The molecule has 0 atom stereocenters. The zero-order chi connectivity index (χ0) is 12.7. The molecule has 1 N–H and O–H groups in total. The molecule has 2 aromatic rings. The van der Waals surface area contributed by atoms with Gasteiger partial charge in [0.25, 0.3) is 0 Å². The third-order valence-electron chi connectivity index (χ3n) is 3.20.